The monoisotopic (exact) mass is 565 g/mol. The van der Waals surface area contributed by atoms with Gasteiger partial charge in [0.15, 0.2) is 23.1 Å². The van der Waals surface area contributed by atoms with Gasteiger partial charge in [-0.1, -0.05) is 74.0 Å². The van der Waals surface area contributed by atoms with Crippen LogP contribution in [-0.4, -0.2) is 28.8 Å². The Balaban J connectivity index is 1.49. The van der Waals surface area contributed by atoms with Gasteiger partial charge < -0.3 is 9.64 Å². The first-order valence-corrected chi connectivity index (χ1v) is 14.2. The number of unbranched alkanes of at least 4 members (excludes halogenated alkanes) is 1. The van der Waals surface area contributed by atoms with Crippen molar-refractivity contribution in [2.24, 2.45) is 0 Å². The zero-order valence-electron chi connectivity index (χ0n) is 23.1. The van der Waals surface area contributed by atoms with Gasteiger partial charge in [-0.25, -0.2) is 8.78 Å². The normalized spacial score (nSPS) is 18.4. The van der Waals surface area contributed by atoms with E-state index in [-0.39, 0.29) is 36.0 Å². The molecule has 42 heavy (non-hydrogen) atoms. The lowest BCUT2D eigenvalue weighted by atomic mass is 9.83. The van der Waals surface area contributed by atoms with Crippen molar-refractivity contribution in [2.75, 3.05) is 18.3 Å². The molecule has 3 aromatic carbocycles. The lowest BCUT2D eigenvalue weighted by Crippen LogP contribution is -2.62. The van der Waals surface area contributed by atoms with E-state index >= 15 is 4.39 Å². The van der Waals surface area contributed by atoms with E-state index in [9.17, 15) is 14.0 Å². The summed E-state index contributed by atoms with van der Waals surface area (Å²) in [4.78, 5) is 29.1. The van der Waals surface area contributed by atoms with Gasteiger partial charge >= 0.3 is 0 Å². The highest BCUT2D eigenvalue weighted by atomic mass is 19.2. The van der Waals surface area contributed by atoms with Crippen molar-refractivity contribution in [3.05, 3.63) is 140 Å². The summed E-state index contributed by atoms with van der Waals surface area (Å²) in [6.45, 7) is 2.73. The van der Waals surface area contributed by atoms with E-state index in [0.717, 1.165) is 35.1 Å². The second-order valence-corrected chi connectivity index (χ2v) is 11.0. The first-order valence-electron chi connectivity index (χ1n) is 14.2. The maximum Gasteiger partial charge on any atom is 0.278 e. The Morgan fingerprint density at radius 2 is 1.69 bits per heavy atom. The quantitative estimate of drug-likeness (QED) is 0.268. The predicted molar refractivity (Wildman–Crippen MR) is 156 cm³/mol. The van der Waals surface area contributed by atoms with Crippen LogP contribution in [0.3, 0.4) is 0 Å². The highest BCUT2D eigenvalue weighted by Crippen LogP contribution is 2.55. The summed E-state index contributed by atoms with van der Waals surface area (Å²) in [5.74, 6) is -2.17. The van der Waals surface area contributed by atoms with E-state index in [2.05, 4.69) is 6.08 Å². The Morgan fingerprint density at radius 3 is 2.50 bits per heavy atom. The molecular weight excluding hydrogens is 536 g/mol. The first-order chi connectivity index (χ1) is 20.4. The van der Waals surface area contributed by atoms with Crippen LogP contribution >= 0.6 is 0 Å². The molecule has 1 aromatic heterocycles. The second-order valence-electron chi connectivity index (χ2n) is 11.0. The Hall–Kier alpha value is -4.72. The fraction of sp³-hybridized carbons (Fsp3) is 0.235. The van der Waals surface area contributed by atoms with Crippen LogP contribution in [0.1, 0.15) is 58.1 Å². The molecule has 0 radical (unpaired) electrons. The van der Waals surface area contributed by atoms with Gasteiger partial charge in [-0.2, -0.15) is 0 Å². The number of carbonyl (C=O) groups is 1. The number of amides is 1. The third-order valence-corrected chi connectivity index (χ3v) is 8.50. The van der Waals surface area contributed by atoms with Crippen LogP contribution < -0.4 is 15.2 Å². The Morgan fingerprint density at radius 1 is 0.929 bits per heavy atom. The topological polar surface area (TPSA) is 54.8 Å². The largest absolute Gasteiger partial charge is 0.487 e. The van der Waals surface area contributed by atoms with Gasteiger partial charge in [-0.3, -0.25) is 19.3 Å². The van der Waals surface area contributed by atoms with Crippen LogP contribution in [0.25, 0.3) is 6.08 Å². The number of ether oxygens (including phenoxy) is 1. The summed E-state index contributed by atoms with van der Waals surface area (Å²) in [6.07, 6.45) is 5.67. The molecule has 0 N–H and O–H groups in total. The van der Waals surface area contributed by atoms with E-state index in [0.29, 0.717) is 24.2 Å². The predicted octanol–water partition coefficient (Wildman–Crippen LogP) is 5.75. The highest BCUT2D eigenvalue weighted by Gasteiger charge is 2.55. The molecule has 1 amide bonds. The molecule has 0 saturated carbocycles. The minimum atomic E-state index is -1.04. The molecule has 1 unspecified atom stereocenters. The number of nitrogens with zero attached hydrogens (tertiary/aromatic N) is 3. The number of aromatic nitrogens is 1. The third-order valence-electron chi connectivity index (χ3n) is 8.50. The van der Waals surface area contributed by atoms with Gasteiger partial charge in [0, 0.05) is 18.8 Å². The van der Waals surface area contributed by atoms with Crippen molar-refractivity contribution in [1.29, 1.82) is 0 Å². The molecule has 212 valence electrons. The van der Waals surface area contributed by atoms with Crippen LogP contribution in [0.4, 0.5) is 8.78 Å². The summed E-state index contributed by atoms with van der Waals surface area (Å²) in [6, 6.07) is 21.5. The van der Waals surface area contributed by atoms with Gasteiger partial charge in [-0.05, 0) is 58.4 Å². The van der Waals surface area contributed by atoms with Crippen molar-refractivity contribution < 1.29 is 18.3 Å². The Bertz CT molecular complexity index is 1820. The van der Waals surface area contributed by atoms with Gasteiger partial charge in [0.05, 0.1) is 6.61 Å². The number of benzene rings is 3. The van der Waals surface area contributed by atoms with E-state index in [1.165, 1.54) is 18.2 Å². The molecule has 0 saturated heterocycles. The number of halogens is 2. The molecule has 1 aliphatic heterocycles. The summed E-state index contributed by atoms with van der Waals surface area (Å²) in [5, 5.41) is 2.00. The molecule has 0 bridgehead atoms. The zero-order valence-corrected chi connectivity index (χ0v) is 23.1. The summed E-state index contributed by atoms with van der Waals surface area (Å²) in [7, 11) is 0. The van der Waals surface area contributed by atoms with E-state index in [4.69, 9.17) is 4.74 Å². The molecule has 2 aliphatic carbocycles. The van der Waals surface area contributed by atoms with Crippen LogP contribution in [0.2, 0.25) is 0 Å². The molecule has 6 nitrogen and oxygen atoms in total. The Kier molecular flexibility index (Phi) is 6.22. The summed E-state index contributed by atoms with van der Waals surface area (Å²) >= 11 is 0. The summed E-state index contributed by atoms with van der Waals surface area (Å²) < 4.78 is 37.2. The first kappa shape index (κ1) is 26.2. The molecule has 3 aliphatic rings. The number of carbonyl (C=O) groups excluding carboxylic acids is 1. The average Bonchev–Trinajstić information content (AvgIpc) is 3.47. The molecule has 7 rings (SSSR count). The summed E-state index contributed by atoms with van der Waals surface area (Å²) in [5.41, 5.74) is 3.73. The average molecular weight is 566 g/mol. The van der Waals surface area contributed by atoms with Crippen LogP contribution in [0, 0.1) is 11.6 Å². The molecule has 0 fully saturated rings. The van der Waals surface area contributed by atoms with Gasteiger partial charge in [0.2, 0.25) is 5.43 Å². The highest BCUT2D eigenvalue weighted by molar-refractivity contribution is 5.96. The zero-order chi connectivity index (χ0) is 29.0. The van der Waals surface area contributed by atoms with Crippen molar-refractivity contribution in [3.63, 3.8) is 0 Å². The standard InChI is InChI=1S/C34H29F2N3O3/c1-2-3-15-42-32-30(40)13-14-38-31(32)33(41)37(20-22-9-5-4-6-10-22)21-39(38)34-25(16-23-11-7-8-12-26(23)34)17-24-18-28(35)29(36)19-27(24)34/h4-14,16,18-19H,2-3,15,17,20-21H2,1H3. The smallest absolute Gasteiger partial charge is 0.278 e. The lowest BCUT2D eigenvalue weighted by Gasteiger charge is -2.49. The van der Waals surface area contributed by atoms with Crippen LogP contribution in [-0.2, 0) is 18.5 Å². The van der Waals surface area contributed by atoms with Gasteiger partial charge in [0.25, 0.3) is 5.91 Å². The molecule has 0 spiro atoms. The molecule has 2 heterocycles. The van der Waals surface area contributed by atoms with Crippen molar-refractivity contribution >= 4 is 12.0 Å². The minimum Gasteiger partial charge on any atom is -0.487 e. The van der Waals surface area contributed by atoms with Crippen LogP contribution in [0.5, 0.6) is 5.75 Å². The minimum absolute atomic E-state index is 0.00423. The third kappa shape index (κ3) is 3.81. The van der Waals surface area contributed by atoms with Crippen molar-refractivity contribution in [2.45, 2.75) is 38.3 Å². The van der Waals surface area contributed by atoms with Gasteiger partial charge in [0.1, 0.15) is 12.2 Å². The van der Waals surface area contributed by atoms with Crippen LogP contribution in [0.15, 0.2) is 89.4 Å². The lowest BCUT2D eigenvalue weighted by molar-refractivity contribution is 0.0650. The molecule has 1 atom stereocenters. The SMILES string of the molecule is CCCCOc1c2n(ccc1=O)N(C13C(=Cc4ccccc41)Cc1cc(F)c(F)cc13)CN(Cc1ccccc1)C2=O. The van der Waals surface area contributed by atoms with Crippen molar-refractivity contribution in [1.82, 2.24) is 9.58 Å². The number of hydrogen-bond acceptors (Lipinski definition) is 4. The molecular formula is C34H29F2N3O3. The van der Waals surface area contributed by atoms with E-state index in [1.807, 2.05) is 66.5 Å². The maximum atomic E-state index is 15.0. The number of rotatable bonds is 7. The number of fused-ring (bicyclic) bond motifs is 6. The van der Waals surface area contributed by atoms with E-state index < -0.39 is 17.2 Å². The maximum absolute atomic E-state index is 15.0. The Labute approximate surface area is 242 Å². The molecule has 8 heteroatoms. The fourth-order valence-corrected chi connectivity index (χ4v) is 6.64. The number of hydrogen-bond donors (Lipinski definition) is 0. The molecule has 4 aromatic rings. The fourth-order valence-electron chi connectivity index (χ4n) is 6.64. The number of pyridine rings is 1. The second kappa shape index (κ2) is 9.98. The van der Waals surface area contributed by atoms with Gasteiger partial charge in [-0.15, -0.1) is 0 Å². The van der Waals surface area contributed by atoms with Crippen molar-refractivity contribution in [3.8, 4) is 5.75 Å². The van der Waals surface area contributed by atoms with E-state index in [1.54, 1.807) is 15.8 Å².